The Bertz CT molecular complexity index is 655. The Morgan fingerprint density at radius 3 is 2.28 bits per heavy atom. The highest BCUT2D eigenvalue weighted by Crippen LogP contribution is 2.12. The minimum Gasteiger partial charge on any atom is -0.339 e. The predicted octanol–water partition coefficient (Wildman–Crippen LogP) is 1.39. The van der Waals surface area contributed by atoms with Crippen LogP contribution in [0.1, 0.15) is 25.8 Å². The number of hydrogen-bond acceptors (Lipinski definition) is 4. The second kappa shape index (κ2) is 8.78. The summed E-state index contributed by atoms with van der Waals surface area (Å²) in [5.41, 5.74) is 1.27. The molecular formula is C18H29N3O3S. The molecule has 140 valence electrons. The van der Waals surface area contributed by atoms with Crippen LogP contribution in [0.15, 0.2) is 30.3 Å². The van der Waals surface area contributed by atoms with Crippen LogP contribution in [0.25, 0.3) is 0 Å². The number of piperazine rings is 1. The average Bonchev–Trinajstić information content (AvgIpc) is 2.59. The third kappa shape index (κ3) is 5.80. The first-order valence-corrected chi connectivity index (χ1v) is 10.7. The fourth-order valence-corrected chi connectivity index (χ4v) is 4.18. The molecule has 0 aromatic heterocycles. The van der Waals surface area contributed by atoms with Gasteiger partial charge in [0.05, 0.1) is 12.8 Å². The van der Waals surface area contributed by atoms with Crippen LogP contribution in [0.3, 0.4) is 0 Å². The van der Waals surface area contributed by atoms with Crippen molar-refractivity contribution in [2.75, 3.05) is 39.0 Å². The number of benzene rings is 1. The molecule has 1 aromatic carbocycles. The molecule has 1 unspecified atom stereocenters. The molecule has 0 bridgehead atoms. The minimum absolute atomic E-state index is 0.0630. The molecule has 0 N–H and O–H groups in total. The Labute approximate surface area is 151 Å². The Kier molecular flexibility index (Phi) is 6.98. The van der Waals surface area contributed by atoms with Crippen molar-refractivity contribution in [2.45, 2.75) is 32.9 Å². The molecule has 1 aliphatic heterocycles. The Morgan fingerprint density at radius 2 is 1.76 bits per heavy atom. The summed E-state index contributed by atoms with van der Waals surface area (Å²) in [6, 6.07) is 10.1. The number of carbonyl (C=O) groups is 1. The Balaban J connectivity index is 1.88. The summed E-state index contributed by atoms with van der Waals surface area (Å²) in [4.78, 5) is 16.6. The van der Waals surface area contributed by atoms with Crippen LogP contribution < -0.4 is 0 Å². The topological polar surface area (TPSA) is 60.9 Å². The molecule has 2 rings (SSSR count). The quantitative estimate of drug-likeness (QED) is 0.731. The van der Waals surface area contributed by atoms with E-state index in [0.717, 1.165) is 19.6 Å². The van der Waals surface area contributed by atoms with Gasteiger partial charge in [-0.3, -0.25) is 9.69 Å². The number of sulfonamides is 1. The smallest absolute Gasteiger partial charge is 0.237 e. The maximum Gasteiger partial charge on any atom is 0.237 e. The van der Waals surface area contributed by atoms with Crippen molar-refractivity contribution in [3.63, 3.8) is 0 Å². The fraction of sp³-hybridized carbons (Fsp3) is 0.611. The maximum absolute atomic E-state index is 12.5. The monoisotopic (exact) mass is 367 g/mol. The van der Waals surface area contributed by atoms with E-state index >= 15 is 0 Å². The van der Waals surface area contributed by atoms with Gasteiger partial charge in [-0.15, -0.1) is 0 Å². The molecule has 1 heterocycles. The third-order valence-electron chi connectivity index (χ3n) is 4.77. The first-order chi connectivity index (χ1) is 11.8. The van der Waals surface area contributed by atoms with Crippen LogP contribution in [0.4, 0.5) is 0 Å². The molecule has 25 heavy (non-hydrogen) atoms. The predicted molar refractivity (Wildman–Crippen MR) is 99.6 cm³/mol. The summed E-state index contributed by atoms with van der Waals surface area (Å²) >= 11 is 0. The van der Waals surface area contributed by atoms with Gasteiger partial charge in [0.25, 0.3) is 0 Å². The molecule has 0 saturated carbocycles. The zero-order valence-corrected chi connectivity index (χ0v) is 16.2. The van der Waals surface area contributed by atoms with Crippen LogP contribution in [0.2, 0.25) is 0 Å². The third-order valence-corrected chi connectivity index (χ3v) is 6.11. The molecule has 1 fully saturated rings. The van der Waals surface area contributed by atoms with Gasteiger partial charge in [-0.05, 0) is 18.9 Å². The lowest BCUT2D eigenvalue weighted by molar-refractivity contribution is -0.133. The number of nitrogens with zero attached hydrogens (tertiary/aromatic N) is 3. The number of carbonyl (C=O) groups excluding carboxylic acids is 1. The van der Waals surface area contributed by atoms with Gasteiger partial charge in [0, 0.05) is 38.8 Å². The van der Waals surface area contributed by atoms with E-state index in [4.69, 9.17) is 0 Å². The van der Waals surface area contributed by atoms with Gasteiger partial charge < -0.3 is 4.90 Å². The van der Waals surface area contributed by atoms with E-state index in [1.54, 1.807) is 4.90 Å². The molecule has 1 aromatic rings. The van der Waals surface area contributed by atoms with Crippen LogP contribution in [-0.2, 0) is 21.4 Å². The zero-order chi connectivity index (χ0) is 18.4. The Morgan fingerprint density at radius 1 is 1.16 bits per heavy atom. The lowest BCUT2D eigenvalue weighted by Gasteiger charge is -2.36. The lowest BCUT2D eigenvalue weighted by atomic mass is 10.2. The van der Waals surface area contributed by atoms with Crippen molar-refractivity contribution in [1.82, 2.24) is 14.1 Å². The fourth-order valence-electron chi connectivity index (χ4n) is 3.03. The molecule has 1 atom stereocenters. The van der Waals surface area contributed by atoms with Crippen molar-refractivity contribution in [2.24, 2.45) is 0 Å². The van der Waals surface area contributed by atoms with E-state index in [0.29, 0.717) is 19.5 Å². The van der Waals surface area contributed by atoms with Crippen molar-refractivity contribution in [3.8, 4) is 0 Å². The minimum atomic E-state index is -3.39. The first-order valence-electron chi connectivity index (χ1n) is 8.82. The summed E-state index contributed by atoms with van der Waals surface area (Å²) in [7, 11) is -3.39. The largest absolute Gasteiger partial charge is 0.339 e. The van der Waals surface area contributed by atoms with Gasteiger partial charge in [0.2, 0.25) is 15.9 Å². The second-order valence-electron chi connectivity index (χ2n) is 6.71. The highest BCUT2D eigenvalue weighted by atomic mass is 32.2. The van der Waals surface area contributed by atoms with Gasteiger partial charge in [-0.25, -0.2) is 8.42 Å². The van der Waals surface area contributed by atoms with Gasteiger partial charge in [0.15, 0.2) is 0 Å². The molecule has 6 nitrogen and oxygen atoms in total. The van der Waals surface area contributed by atoms with Gasteiger partial charge in [-0.2, -0.15) is 4.31 Å². The zero-order valence-electron chi connectivity index (χ0n) is 15.4. The summed E-state index contributed by atoms with van der Waals surface area (Å²) < 4.78 is 25.2. The number of hydrogen-bond donors (Lipinski definition) is 0. The van der Waals surface area contributed by atoms with Crippen LogP contribution in [0.5, 0.6) is 0 Å². The molecule has 1 amide bonds. The van der Waals surface area contributed by atoms with E-state index in [1.807, 2.05) is 32.0 Å². The van der Waals surface area contributed by atoms with E-state index in [2.05, 4.69) is 17.0 Å². The molecular weight excluding hydrogens is 338 g/mol. The molecule has 0 aliphatic carbocycles. The van der Waals surface area contributed by atoms with Crippen LogP contribution in [-0.4, -0.2) is 73.5 Å². The van der Waals surface area contributed by atoms with E-state index in [9.17, 15) is 13.2 Å². The summed E-state index contributed by atoms with van der Waals surface area (Å²) in [6.45, 7) is 7.48. The lowest BCUT2D eigenvalue weighted by Crippen LogP contribution is -2.52. The maximum atomic E-state index is 12.5. The van der Waals surface area contributed by atoms with E-state index in [1.165, 1.54) is 16.1 Å². The number of rotatable bonds is 7. The summed E-state index contributed by atoms with van der Waals surface area (Å²) in [5, 5.41) is 0. The average molecular weight is 368 g/mol. The number of amides is 1. The molecule has 1 aliphatic rings. The highest BCUT2D eigenvalue weighted by molar-refractivity contribution is 7.88. The highest BCUT2D eigenvalue weighted by Gasteiger charge is 2.28. The van der Waals surface area contributed by atoms with Gasteiger partial charge in [-0.1, -0.05) is 37.3 Å². The van der Waals surface area contributed by atoms with Gasteiger partial charge >= 0.3 is 0 Å². The van der Waals surface area contributed by atoms with Crippen LogP contribution in [0, 0.1) is 0 Å². The second-order valence-corrected chi connectivity index (χ2v) is 8.64. The summed E-state index contributed by atoms with van der Waals surface area (Å²) in [5.74, 6) is -0.106. The molecule has 7 heteroatoms. The van der Waals surface area contributed by atoms with Gasteiger partial charge in [0.1, 0.15) is 0 Å². The van der Waals surface area contributed by atoms with Crippen molar-refractivity contribution < 1.29 is 13.2 Å². The standard InChI is InChI=1S/C18H29N3O3S/c1-4-16(2)21(25(3,23)24)15-18(22)20-12-10-19(11-13-20)14-17-8-6-5-7-9-17/h5-9,16H,4,10-15H2,1-3H3. The Hall–Kier alpha value is -1.44. The normalized spacial score (nSPS) is 17.7. The molecule has 1 saturated heterocycles. The van der Waals surface area contributed by atoms with Crippen molar-refractivity contribution in [3.05, 3.63) is 35.9 Å². The van der Waals surface area contributed by atoms with E-state index < -0.39 is 10.0 Å². The van der Waals surface area contributed by atoms with Crippen molar-refractivity contribution >= 4 is 15.9 Å². The molecule has 0 radical (unpaired) electrons. The van der Waals surface area contributed by atoms with Crippen LogP contribution >= 0.6 is 0 Å². The first kappa shape index (κ1) is 19.9. The molecule has 0 spiro atoms. The van der Waals surface area contributed by atoms with E-state index in [-0.39, 0.29) is 18.5 Å². The van der Waals surface area contributed by atoms with Crippen molar-refractivity contribution in [1.29, 1.82) is 0 Å². The SMILES string of the molecule is CCC(C)N(CC(=O)N1CCN(Cc2ccccc2)CC1)S(C)(=O)=O. The summed E-state index contributed by atoms with van der Waals surface area (Å²) in [6.07, 6.45) is 1.86.